The second-order valence-electron chi connectivity index (χ2n) is 3.19. The van der Waals surface area contributed by atoms with Gasteiger partial charge in [-0.2, -0.15) is 0 Å². The van der Waals surface area contributed by atoms with Crippen molar-refractivity contribution in [3.05, 3.63) is 0 Å². The second-order valence-corrected chi connectivity index (χ2v) is 4.59. The van der Waals surface area contributed by atoms with Crippen LogP contribution < -0.4 is 5.73 Å². The molecule has 1 aliphatic carbocycles. The first-order valence-electron chi connectivity index (χ1n) is 4.33. The fourth-order valence-electron chi connectivity index (χ4n) is 1.42. The summed E-state index contributed by atoms with van der Waals surface area (Å²) in [6.07, 6.45) is 7.05. The molecule has 0 radical (unpaired) electrons. The van der Waals surface area contributed by atoms with Crippen LogP contribution >= 0.6 is 0 Å². The molecule has 0 unspecified atom stereocenters. The van der Waals surface area contributed by atoms with Crippen LogP contribution in [0.25, 0.3) is 0 Å². The van der Waals surface area contributed by atoms with Gasteiger partial charge in [-0.25, -0.2) is 0 Å². The van der Waals surface area contributed by atoms with Gasteiger partial charge in [0.05, 0.1) is 0 Å². The van der Waals surface area contributed by atoms with Crippen molar-refractivity contribution in [1.82, 2.24) is 0 Å². The van der Waals surface area contributed by atoms with Crippen LogP contribution in [-0.4, -0.2) is 14.9 Å². The summed E-state index contributed by atoms with van der Waals surface area (Å²) in [5.74, 6) is 0.865. The summed E-state index contributed by atoms with van der Waals surface area (Å²) in [4.78, 5) is 0. The van der Waals surface area contributed by atoms with E-state index in [-0.39, 0.29) is 0 Å². The van der Waals surface area contributed by atoms with Crippen molar-refractivity contribution >= 4 is 0 Å². The number of rotatable bonds is 1. The van der Waals surface area contributed by atoms with Crippen LogP contribution in [0.15, 0.2) is 0 Å². The first-order chi connectivity index (χ1) is 5.93. The summed E-state index contributed by atoms with van der Waals surface area (Å²) >= 11 is -5.25. The van der Waals surface area contributed by atoms with Crippen molar-refractivity contribution in [2.75, 3.05) is 6.54 Å². The van der Waals surface area contributed by atoms with Crippen molar-refractivity contribution in [1.29, 1.82) is 0 Å². The molecule has 0 heterocycles. The van der Waals surface area contributed by atoms with E-state index in [1.54, 1.807) is 0 Å². The van der Waals surface area contributed by atoms with E-state index in [1.165, 1.54) is 32.1 Å². The third kappa shape index (κ3) is 12.0. The van der Waals surface area contributed by atoms with E-state index in [0.29, 0.717) is 0 Å². The third-order valence-electron chi connectivity index (χ3n) is 2.06. The van der Waals surface area contributed by atoms with Gasteiger partial charge in [-0.1, -0.05) is 19.3 Å². The monoisotopic (exact) mass is 231 g/mol. The maximum absolute atomic E-state index is 8.82. The number of nitrogens with two attached hydrogens (primary N) is 1. The summed E-state index contributed by atoms with van der Waals surface area (Å²) in [6, 6.07) is 0. The van der Waals surface area contributed by atoms with Gasteiger partial charge in [-0.15, -0.1) is 0 Å². The Morgan fingerprint density at radius 1 is 1.15 bits per heavy atom. The van der Waals surface area contributed by atoms with E-state index in [4.69, 9.17) is 21.7 Å². The quantitative estimate of drug-likeness (QED) is 0.597. The van der Waals surface area contributed by atoms with Gasteiger partial charge in [0.15, 0.2) is 0 Å². The molecule has 0 aliphatic heterocycles. The van der Waals surface area contributed by atoms with Gasteiger partial charge in [0.1, 0.15) is 0 Å². The summed E-state index contributed by atoms with van der Waals surface area (Å²) in [6.45, 7) is 0.917. The van der Waals surface area contributed by atoms with E-state index in [2.05, 4.69) is 0 Å². The van der Waals surface area contributed by atoms with Crippen molar-refractivity contribution < 1.29 is 29.5 Å². The minimum atomic E-state index is -5.25. The molecule has 0 amide bonds. The molecular weight excluding hydrogens is 214 g/mol. The molecule has 4 N–H and O–H groups in total. The molecule has 0 spiro atoms. The SMILES string of the molecule is NCC1CCCCC1.[O]=[Cr](=[O])([OH])[OH]. The summed E-state index contributed by atoms with van der Waals surface area (Å²) in [5, 5.41) is 0. The first kappa shape index (κ1) is 13.0. The molecule has 6 heteroatoms. The topological polar surface area (TPSA) is 101 Å². The van der Waals surface area contributed by atoms with Crippen molar-refractivity contribution in [2.45, 2.75) is 32.1 Å². The van der Waals surface area contributed by atoms with Crippen LogP contribution in [0.2, 0.25) is 0 Å². The normalized spacial score (nSPS) is 19.0. The Bertz CT molecular complexity index is 201. The molecule has 1 aliphatic rings. The van der Waals surface area contributed by atoms with Gasteiger partial charge in [0, 0.05) is 0 Å². The summed E-state index contributed by atoms with van der Waals surface area (Å²) in [7, 11) is 0. The molecule has 0 bridgehead atoms. The summed E-state index contributed by atoms with van der Waals surface area (Å²) in [5.41, 5.74) is 5.50. The average molecular weight is 231 g/mol. The zero-order chi connectivity index (χ0) is 10.3. The van der Waals surface area contributed by atoms with Gasteiger partial charge in [0.25, 0.3) is 0 Å². The van der Waals surface area contributed by atoms with Crippen LogP contribution in [-0.2, 0) is 21.2 Å². The summed E-state index contributed by atoms with van der Waals surface area (Å²) < 4.78 is 31.9. The fraction of sp³-hybridized carbons (Fsp3) is 1.00. The molecule has 80 valence electrons. The molecule has 0 aromatic heterocycles. The molecule has 1 fully saturated rings. The molecular formula is C7H17CrNO4. The van der Waals surface area contributed by atoms with Crippen molar-refractivity contribution in [3.8, 4) is 0 Å². The molecule has 0 aromatic carbocycles. The van der Waals surface area contributed by atoms with Gasteiger partial charge in [-0.05, 0) is 25.3 Å². The minimum absolute atomic E-state index is 0.865. The molecule has 0 saturated heterocycles. The first-order valence-corrected chi connectivity index (χ1v) is 6.51. The van der Waals surface area contributed by atoms with E-state index in [1.807, 2.05) is 0 Å². The third-order valence-corrected chi connectivity index (χ3v) is 2.06. The van der Waals surface area contributed by atoms with Crippen LogP contribution in [0.1, 0.15) is 32.1 Å². The number of hydrogen-bond acceptors (Lipinski definition) is 3. The van der Waals surface area contributed by atoms with Gasteiger partial charge < -0.3 is 5.73 Å². The average Bonchev–Trinajstić information content (AvgIpc) is 2.03. The Labute approximate surface area is 80.3 Å². The zero-order valence-corrected chi connectivity index (χ0v) is 8.79. The van der Waals surface area contributed by atoms with Gasteiger partial charge in [0.2, 0.25) is 0 Å². The Hall–Kier alpha value is 0.0125. The Morgan fingerprint density at radius 2 is 1.54 bits per heavy atom. The van der Waals surface area contributed by atoms with Crippen molar-refractivity contribution in [3.63, 3.8) is 0 Å². The molecule has 5 nitrogen and oxygen atoms in total. The predicted molar refractivity (Wildman–Crippen MR) is 41.4 cm³/mol. The van der Waals surface area contributed by atoms with Crippen molar-refractivity contribution in [2.24, 2.45) is 11.7 Å². The second kappa shape index (κ2) is 6.46. The Morgan fingerprint density at radius 3 is 1.77 bits per heavy atom. The van der Waals surface area contributed by atoms with Crippen LogP contribution in [0.3, 0.4) is 0 Å². The van der Waals surface area contributed by atoms with Gasteiger partial charge >= 0.3 is 29.5 Å². The standard InChI is InChI=1S/C7H15N.Cr.2H2O.2O/c8-6-7-4-2-1-3-5-7;;;;;/h7H,1-6,8H2;;2*1H2;;/q;+2;;;;/p-2. The van der Waals surface area contributed by atoms with E-state index in [9.17, 15) is 0 Å². The van der Waals surface area contributed by atoms with Crippen LogP contribution in [0.5, 0.6) is 0 Å². The molecule has 1 rings (SSSR count). The fourth-order valence-corrected chi connectivity index (χ4v) is 1.42. The molecule has 13 heavy (non-hydrogen) atoms. The Kier molecular flexibility index (Phi) is 6.47. The number of hydrogen-bond donors (Lipinski definition) is 3. The van der Waals surface area contributed by atoms with Crippen LogP contribution in [0.4, 0.5) is 0 Å². The van der Waals surface area contributed by atoms with E-state index >= 15 is 0 Å². The van der Waals surface area contributed by atoms with Gasteiger partial charge in [-0.3, -0.25) is 0 Å². The predicted octanol–water partition coefficient (Wildman–Crippen LogP) is 0.171. The van der Waals surface area contributed by atoms with Crippen LogP contribution in [0, 0.1) is 5.92 Å². The molecule has 1 saturated carbocycles. The molecule has 0 aromatic rings. The zero-order valence-electron chi connectivity index (χ0n) is 7.52. The molecule has 0 atom stereocenters. The Balaban J connectivity index is 0.000000252. The maximum atomic E-state index is 8.82. The van der Waals surface area contributed by atoms with E-state index in [0.717, 1.165) is 12.5 Å². The van der Waals surface area contributed by atoms with E-state index < -0.39 is 13.6 Å².